The maximum Gasteiger partial charge on any atom is 0.277 e. The average Bonchev–Trinajstić information content (AvgIpc) is 2.84. The van der Waals surface area contributed by atoms with Crippen LogP contribution in [0.25, 0.3) is 22.2 Å². The molecule has 1 aromatic carbocycles. The van der Waals surface area contributed by atoms with Crippen molar-refractivity contribution in [3.05, 3.63) is 86.2 Å². The van der Waals surface area contributed by atoms with Gasteiger partial charge in [-0.3, -0.25) is 9.59 Å². The van der Waals surface area contributed by atoms with Crippen molar-refractivity contribution in [3.63, 3.8) is 0 Å². The highest BCUT2D eigenvalue weighted by Crippen LogP contribution is 2.32. The monoisotopic (exact) mass is 493 g/mol. The minimum Gasteiger partial charge on any atom is -0.367 e. The summed E-state index contributed by atoms with van der Waals surface area (Å²) in [7, 11) is 3.31. The highest BCUT2D eigenvalue weighted by atomic mass is 19.1. The number of pyridine rings is 2. The van der Waals surface area contributed by atoms with E-state index < -0.39 is 11.6 Å². The molecule has 1 aliphatic rings. The molecule has 0 spiro atoms. The van der Waals surface area contributed by atoms with Crippen molar-refractivity contribution in [2.24, 2.45) is 14.1 Å². The lowest BCUT2D eigenvalue weighted by Gasteiger charge is -2.37. The number of ether oxygens (including phenoxy) is 1. The van der Waals surface area contributed by atoms with Crippen molar-refractivity contribution >= 4 is 16.9 Å². The number of rotatable bonds is 3. The third-order valence-corrected chi connectivity index (χ3v) is 6.53. The standard InChI is InChI=1S/C26H25F2N5O3/c1-14-9-19-23(18-7-6-17(27)10-20(18)28)29-26(30-24(19)25(35)32(14)4)33-11-15(2)36-21(13-33)16-5-8-22(34)31(3)12-16/h5-10,12,15,21H,11,13H2,1-4H3. The molecule has 186 valence electrons. The van der Waals surface area contributed by atoms with Crippen LogP contribution in [0.15, 0.2) is 52.2 Å². The molecule has 5 rings (SSSR count). The first kappa shape index (κ1) is 23.8. The van der Waals surface area contributed by atoms with Crippen molar-refractivity contribution in [3.8, 4) is 11.3 Å². The zero-order chi connectivity index (χ0) is 25.7. The summed E-state index contributed by atoms with van der Waals surface area (Å²) < 4.78 is 37.6. The highest BCUT2D eigenvalue weighted by molar-refractivity contribution is 5.93. The highest BCUT2D eigenvalue weighted by Gasteiger charge is 2.30. The molecule has 4 aromatic rings. The van der Waals surface area contributed by atoms with Crippen molar-refractivity contribution in [1.29, 1.82) is 0 Å². The molecular formula is C26H25F2N5O3. The summed E-state index contributed by atoms with van der Waals surface area (Å²) in [6.45, 7) is 4.46. The number of halogens is 2. The molecule has 0 N–H and O–H groups in total. The topological polar surface area (TPSA) is 82.2 Å². The van der Waals surface area contributed by atoms with Gasteiger partial charge < -0.3 is 18.8 Å². The van der Waals surface area contributed by atoms with Crippen molar-refractivity contribution < 1.29 is 13.5 Å². The smallest absolute Gasteiger partial charge is 0.277 e. The van der Waals surface area contributed by atoms with E-state index >= 15 is 0 Å². The van der Waals surface area contributed by atoms with Gasteiger partial charge in [0.25, 0.3) is 5.56 Å². The van der Waals surface area contributed by atoms with Gasteiger partial charge in [-0.05, 0) is 43.7 Å². The van der Waals surface area contributed by atoms with Gasteiger partial charge in [0.05, 0.1) is 18.3 Å². The molecule has 1 saturated heterocycles. The van der Waals surface area contributed by atoms with Crippen LogP contribution >= 0.6 is 0 Å². The molecule has 4 heterocycles. The van der Waals surface area contributed by atoms with Crippen LogP contribution in [0.2, 0.25) is 0 Å². The van der Waals surface area contributed by atoms with Gasteiger partial charge in [0.15, 0.2) is 0 Å². The third kappa shape index (κ3) is 4.17. The van der Waals surface area contributed by atoms with Crippen molar-refractivity contribution in [1.82, 2.24) is 19.1 Å². The predicted octanol–water partition coefficient (Wildman–Crippen LogP) is 3.25. The second kappa shape index (κ2) is 8.94. The Labute approximate surface area is 205 Å². The summed E-state index contributed by atoms with van der Waals surface area (Å²) in [4.78, 5) is 36.2. The number of aryl methyl sites for hydroxylation is 2. The quantitative estimate of drug-likeness (QED) is 0.436. The number of hydrogen-bond acceptors (Lipinski definition) is 6. The molecule has 0 aliphatic carbocycles. The van der Waals surface area contributed by atoms with Crippen molar-refractivity contribution in [2.75, 3.05) is 18.0 Å². The minimum atomic E-state index is -0.780. The number of hydrogen-bond donors (Lipinski definition) is 0. The summed E-state index contributed by atoms with van der Waals surface area (Å²) >= 11 is 0. The fourth-order valence-electron chi connectivity index (χ4n) is 4.51. The van der Waals surface area contributed by atoms with Gasteiger partial charge >= 0.3 is 0 Å². The zero-order valence-electron chi connectivity index (χ0n) is 20.3. The minimum absolute atomic E-state index is 0.0774. The van der Waals surface area contributed by atoms with E-state index in [0.717, 1.165) is 17.7 Å². The van der Waals surface area contributed by atoms with Crippen LogP contribution < -0.4 is 16.0 Å². The Hall–Kier alpha value is -3.92. The van der Waals surface area contributed by atoms with Gasteiger partial charge in [0.1, 0.15) is 23.3 Å². The van der Waals surface area contributed by atoms with Gasteiger partial charge in [0.2, 0.25) is 11.5 Å². The van der Waals surface area contributed by atoms with E-state index in [1.807, 2.05) is 11.8 Å². The number of benzene rings is 1. The third-order valence-electron chi connectivity index (χ3n) is 6.53. The van der Waals surface area contributed by atoms with Gasteiger partial charge in [-0.25, -0.2) is 18.7 Å². The lowest BCUT2D eigenvalue weighted by molar-refractivity contribution is -0.0181. The molecule has 0 radical (unpaired) electrons. The van der Waals surface area contributed by atoms with E-state index in [1.165, 1.54) is 21.3 Å². The first-order valence-corrected chi connectivity index (χ1v) is 11.5. The lowest BCUT2D eigenvalue weighted by atomic mass is 10.1. The molecule has 2 atom stereocenters. The van der Waals surface area contributed by atoms with E-state index in [-0.39, 0.29) is 46.0 Å². The second-order valence-corrected chi connectivity index (χ2v) is 9.16. The Morgan fingerprint density at radius 2 is 1.81 bits per heavy atom. The molecule has 36 heavy (non-hydrogen) atoms. The van der Waals surface area contributed by atoms with Crippen LogP contribution in [0.5, 0.6) is 0 Å². The van der Waals surface area contributed by atoms with Gasteiger partial charge in [-0.1, -0.05) is 0 Å². The van der Waals surface area contributed by atoms with E-state index in [0.29, 0.717) is 24.2 Å². The number of anilines is 1. The number of nitrogens with zero attached hydrogens (tertiary/aromatic N) is 5. The molecule has 1 aliphatic heterocycles. The Morgan fingerprint density at radius 3 is 2.53 bits per heavy atom. The van der Waals surface area contributed by atoms with Crippen LogP contribution in [0.4, 0.5) is 14.7 Å². The van der Waals surface area contributed by atoms with Crippen LogP contribution in [-0.4, -0.2) is 38.3 Å². The number of aromatic nitrogens is 4. The zero-order valence-corrected chi connectivity index (χ0v) is 20.3. The molecule has 0 amide bonds. The van der Waals surface area contributed by atoms with Crippen LogP contribution in [0, 0.1) is 18.6 Å². The number of fused-ring (bicyclic) bond motifs is 1. The summed E-state index contributed by atoms with van der Waals surface area (Å²) in [5.41, 5.74) is 1.43. The van der Waals surface area contributed by atoms with E-state index in [1.54, 1.807) is 39.3 Å². The normalized spacial score (nSPS) is 18.1. The molecule has 8 nitrogen and oxygen atoms in total. The first-order chi connectivity index (χ1) is 17.1. The van der Waals surface area contributed by atoms with E-state index in [4.69, 9.17) is 4.74 Å². The maximum absolute atomic E-state index is 14.9. The summed E-state index contributed by atoms with van der Waals surface area (Å²) in [5, 5.41) is 0.390. The van der Waals surface area contributed by atoms with E-state index in [2.05, 4.69) is 9.97 Å². The van der Waals surface area contributed by atoms with Crippen LogP contribution in [0.3, 0.4) is 0 Å². The summed E-state index contributed by atoms with van der Waals surface area (Å²) in [6.07, 6.45) is 1.13. The molecule has 10 heteroatoms. The fraction of sp³-hybridized carbons (Fsp3) is 0.308. The SMILES string of the molecule is Cc1cc2c(-c3ccc(F)cc3F)nc(N3CC(C)OC(c4ccc(=O)n(C)c4)C3)nc2c(=O)n1C. The Morgan fingerprint density at radius 1 is 1.03 bits per heavy atom. The maximum atomic E-state index is 14.9. The lowest BCUT2D eigenvalue weighted by Crippen LogP contribution is -2.44. The Balaban J connectivity index is 1.67. The van der Waals surface area contributed by atoms with Gasteiger partial charge in [-0.15, -0.1) is 0 Å². The van der Waals surface area contributed by atoms with Crippen LogP contribution in [-0.2, 0) is 18.8 Å². The van der Waals surface area contributed by atoms with Gasteiger partial charge in [0, 0.05) is 55.6 Å². The molecule has 3 aromatic heterocycles. The second-order valence-electron chi connectivity index (χ2n) is 9.16. The summed E-state index contributed by atoms with van der Waals surface area (Å²) in [6, 6.07) is 8.21. The largest absolute Gasteiger partial charge is 0.367 e. The van der Waals surface area contributed by atoms with Crippen molar-refractivity contribution in [2.45, 2.75) is 26.1 Å². The molecule has 0 saturated carbocycles. The first-order valence-electron chi connectivity index (χ1n) is 11.5. The van der Waals surface area contributed by atoms with E-state index in [9.17, 15) is 18.4 Å². The number of morpholine rings is 1. The predicted molar refractivity (Wildman–Crippen MR) is 132 cm³/mol. The Bertz CT molecular complexity index is 1610. The molecular weight excluding hydrogens is 468 g/mol. The molecule has 0 bridgehead atoms. The summed E-state index contributed by atoms with van der Waals surface area (Å²) in [5.74, 6) is -1.24. The fourth-order valence-corrected chi connectivity index (χ4v) is 4.51. The van der Waals surface area contributed by atoms with Gasteiger partial charge in [-0.2, -0.15) is 0 Å². The molecule has 1 fully saturated rings. The average molecular weight is 494 g/mol. The Kier molecular flexibility index (Phi) is 5.91. The molecule has 2 unspecified atom stereocenters. The van der Waals surface area contributed by atoms with Crippen LogP contribution in [0.1, 0.15) is 24.3 Å².